The molecule has 0 bridgehead atoms. The van der Waals surface area contributed by atoms with E-state index >= 15 is 0 Å². The van der Waals surface area contributed by atoms with Crippen LogP contribution in [0.3, 0.4) is 0 Å². The molecule has 0 spiro atoms. The predicted octanol–water partition coefficient (Wildman–Crippen LogP) is 3.59. The van der Waals surface area contributed by atoms with Gasteiger partial charge in [0, 0.05) is 19.4 Å². The largest absolute Gasteiger partial charge is 0.497 e. The molecule has 0 aliphatic heterocycles. The summed E-state index contributed by atoms with van der Waals surface area (Å²) in [4.78, 5) is 24.7. The zero-order valence-electron chi connectivity index (χ0n) is 19.1. The van der Waals surface area contributed by atoms with Crippen LogP contribution in [-0.2, 0) is 27.2 Å². The van der Waals surface area contributed by atoms with Gasteiger partial charge >= 0.3 is 11.9 Å². The van der Waals surface area contributed by atoms with Crippen molar-refractivity contribution in [1.82, 2.24) is 4.90 Å². The van der Waals surface area contributed by atoms with E-state index < -0.39 is 18.0 Å². The second-order valence-electron chi connectivity index (χ2n) is 7.89. The number of aryl methyl sites for hydroxylation is 2. The van der Waals surface area contributed by atoms with E-state index in [1.807, 2.05) is 61.5 Å². The molecule has 0 saturated heterocycles. The van der Waals surface area contributed by atoms with Crippen molar-refractivity contribution in [2.45, 2.75) is 38.2 Å². The van der Waals surface area contributed by atoms with Crippen molar-refractivity contribution in [1.29, 1.82) is 0 Å². The van der Waals surface area contributed by atoms with Crippen molar-refractivity contribution in [3.63, 3.8) is 0 Å². The molecule has 0 saturated carbocycles. The summed E-state index contributed by atoms with van der Waals surface area (Å²) in [6.45, 7) is 0.732. The second-order valence-corrected chi connectivity index (χ2v) is 7.89. The first-order valence-corrected chi connectivity index (χ1v) is 10.8. The Morgan fingerprint density at radius 1 is 1.03 bits per heavy atom. The van der Waals surface area contributed by atoms with Crippen molar-refractivity contribution in [2.24, 2.45) is 0 Å². The lowest BCUT2D eigenvalue weighted by Crippen LogP contribution is -2.35. The highest BCUT2D eigenvalue weighted by molar-refractivity contribution is 5.71. The van der Waals surface area contributed by atoms with Gasteiger partial charge in [0.1, 0.15) is 24.2 Å². The normalized spacial score (nSPS) is 11.8. The van der Waals surface area contributed by atoms with Crippen molar-refractivity contribution >= 4 is 11.9 Å². The van der Waals surface area contributed by atoms with Crippen LogP contribution < -0.4 is 9.47 Å². The number of hydrogen-bond donors (Lipinski definition) is 1. The number of carbonyl (C=O) groups excluding carboxylic acids is 1. The first kappa shape index (κ1) is 25.2. The predicted molar refractivity (Wildman–Crippen MR) is 122 cm³/mol. The number of nitrogens with zero attached hydrogens (tertiary/aromatic N) is 1. The standard InChI is InChI=1S/C25H33NO6/c1-26(2)17-22(32-25(29)13-7-12-24(27)28)18-31-23-11-5-4-9-20(23)15-14-19-8-6-10-21(16-19)30-3/h4-6,8-11,16,22H,7,12-15,17-18H2,1-3H3,(H,27,28)/t22-/m0/s1. The monoisotopic (exact) mass is 443 g/mol. The maximum atomic E-state index is 12.1. The van der Waals surface area contributed by atoms with Crippen LogP contribution >= 0.6 is 0 Å². The first-order chi connectivity index (χ1) is 15.4. The zero-order valence-corrected chi connectivity index (χ0v) is 19.1. The van der Waals surface area contributed by atoms with Gasteiger partial charge in [-0.15, -0.1) is 0 Å². The molecule has 2 rings (SSSR count). The molecule has 174 valence electrons. The maximum absolute atomic E-state index is 12.1. The van der Waals surface area contributed by atoms with E-state index in [1.165, 1.54) is 5.56 Å². The third-order valence-electron chi connectivity index (χ3n) is 4.85. The quantitative estimate of drug-likeness (QED) is 0.447. The number of benzene rings is 2. The molecule has 0 unspecified atom stereocenters. The number of carboxylic acids is 1. The summed E-state index contributed by atoms with van der Waals surface area (Å²) in [5.41, 5.74) is 2.26. The molecule has 7 nitrogen and oxygen atoms in total. The van der Waals surface area contributed by atoms with Gasteiger partial charge in [-0.1, -0.05) is 30.3 Å². The van der Waals surface area contributed by atoms with Gasteiger partial charge in [0.25, 0.3) is 0 Å². The van der Waals surface area contributed by atoms with E-state index in [0.29, 0.717) is 6.54 Å². The molecule has 0 fully saturated rings. The lowest BCUT2D eigenvalue weighted by Gasteiger charge is -2.22. The molecule has 0 aliphatic rings. The Kier molecular flexibility index (Phi) is 10.5. The van der Waals surface area contributed by atoms with Crippen molar-refractivity contribution in [3.05, 3.63) is 59.7 Å². The molecule has 0 radical (unpaired) electrons. The third-order valence-corrected chi connectivity index (χ3v) is 4.85. The summed E-state index contributed by atoms with van der Waals surface area (Å²) in [6.07, 6.45) is 1.48. The van der Waals surface area contributed by atoms with Crippen LogP contribution in [-0.4, -0.2) is 62.4 Å². The molecule has 0 aromatic heterocycles. The van der Waals surface area contributed by atoms with Gasteiger partial charge in [-0.3, -0.25) is 9.59 Å². The number of carboxylic acid groups (broad SMARTS) is 1. The molecule has 1 atom stereocenters. The number of esters is 1. The Balaban J connectivity index is 1.95. The average Bonchev–Trinajstić information content (AvgIpc) is 2.76. The topological polar surface area (TPSA) is 85.3 Å². The Labute approximate surface area is 189 Å². The SMILES string of the molecule is COc1cccc(CCc2ccccc2OC[C@H](CN(C)C)OC(=O)CCCC(=O)O)c1. The highest BCUT2D eigenvalue weighted by atomic mass is 16.6. The van der Waals surface area contributed by atoms with Crippen LogP contribution in [0.15, 0.2) is 48.5 Å². The minimum Gasteiger partial charge on any atom is -0.497 e. The van der Waals surface area contributed by atoms with Crippen LogP contribution in [0, 0.1) is 0 Å². The number of aliphatic carboxylic acids is 1. The number of methoxy groups -OCH3 is 1. The fourth-order valence-electron chi connectivity index (χ4n) is 3.30. The van der Waals surface area contributed by atoms with Gasteiger partial charge in [0.15, 0.2) is 0 Å². The smallest absolute Gasteiger partial charge is 0.306 e. The van der Waals surface area contributed by atoms with Crippen molar-refractivity contribution in [3.8, 4) is 11.5 Å². The molecule has 0 aliphatic carbocycles. The van der Waals surface area contributed by atoms with Crippen LogP contribution in [0.25, 0.3) is 0 Å². The van der Waals surface area contributed by atoms with Gasteiger partial charge in [0.05, 0.1) is 7.11 Å². The zero-order chi connectivity index (χ0) is 23.3. The van der Waals surface area contributed by atoms with E-state index in [4.69, 9.17) is 19.3 Å². The number of para-hydroxylation sites is 1. The van der Waals surface area contributed by atoms with Crippen LogP contribution in [0.5, 0.6) is 11.5 Å². The Morgan fingerprint density at radius 3 is 2.53 bits per heavy atom. The van der Waals surface area contributed by atoms with E-state index in [0.717, 1.165) is 29.9 Å². The molecule has 0 amide bonds. The average molecular weight is 444 g/mol. The summed E-state index contributed by atoms with van der Waals surface area (Å²) < 4.78 is 16.9. The summed E-state index contributed by atoms with van der Waals surface area (Å²) >= 11 is 0. The van der Waals surface area contributed by atoms with E-state index in [-0.39, 0.29) is 25.9 Å². The molecule has 1 N–H and O–H groups in total. The molecule has 0 heterocycles. The number of rotatable bonds is 14. The van der Waals surface area contributed by atoms with Gasteiger partial charge in [-0.2, -0.15) is 0 Å². The highest BCUT2D eigenvalue weighted by Crippen LogP contribution is 2.22. The second kappa shape index (κ2) is 13.4. The summed E-state index contributed by atoms with van der Waals surface area (Å²) in [5, 5.41) is 8.72. The fourth-order valence-corrected chi connectivity index (χ4v) is 3.30. The van der Waals surface area contributed by atoms with E-state index in [9.17, 15) is 9.59 Å². The lowest BCUT2D eigenvalue weighted by molar-refractivity contribution is -0.151. The Bertz CT molecular complexity index is 867. The molecule has 7 heteroatoms. The summed E-state index contributed by atoms with van der Waals surface area (Å²) in [5.74, 6) is 0.273. The van der Waals surface area contributed by atoms with E-state index in [2.05, 4.69) is 6.07 Å². The number of carbonyl (C=O) groups is 2. The molecule has 32 heavy (non-hydrogen) atoms. The molecule has 2 aromatic carbocycles. The van der Waals surface area contributed by atoms with Crippen LogP contribution in [0.2, 0.25) is 0 Å². The fraction of sp³-hybridized carbons (Fsp3) is 0.440. The number of hydrogen-bond acceptors (Lipinski definition) is 6. The minimum absolute atomic E-state index is 0.0510. The Hall–Kier alpha value is -3.06. The lowest BCUT2D eigenvalue weighted by atomic mass is 10.0. The maximum Gasteiger partial charge on any atom is 0.306 e. The first-order valence-electron chi connectivity index (χ1n) is 10.8. The number of ether oxygens (including phenoxy) is 3. The third kappa shape index (κ3) is 9.39. The van der Waals surface area contributed by atoms with Gasteiger partial charge < -0.3 is 24.2 Å². The molecule has 2 aromatic rings. The van der Waals surface area contributed by atoms with Crippen molar-refractivity contribution in [2.75, 3.05) is 34.4 Å². The van der Waals surface area contributed by atoms with Gasteiger partial charge in [0.2, 0.25) is 0 Å². The van der Waals surface area contributed by atoms with Gasteiger partial charge in [-0.05, 0) is 62.7 Å². The van der Waals surface area contributed by atoms with Gasteiger partial charge in [-0.25, -0.2) is 0 Å². The summed E-state index contributed by atoms with van der Waals surface area (Å²) in [6, 6.07) is 15.9. The van der Waals surface area contributed by atoms with Crippen molar-refractivity contribution < 1.29 is 28.9 Å². The summed E-state index contributed by atoms with van der Waals surface area (Å²) in [7, 11) is 5.45. The van der Waals surface area contributed by atoms with Crippen LogP contribution in [0.4, 0.5) is 0 Å². The molecular formula is C25H33NO6. The van der Waals surface area contributed by atoms with E-state index in [1.54, 1.807) is 7.11 Å². The minimum atomic E-state index is -0.920. The highest BCUT2D eigenvalue weighted by Gasteiger charge is 2.17. The Morgan fingerprint density at radius 2 is 1.81 bits per heavy atom. The molecular weight excluding hydrogens is 410 g/mol. The van der Waals surface area contributed by atoms with Crippen LogP contribution in [0.1, 0.15) is 30.4 Å². The number of likely N-dealkylation sites (N-methyl/N-ethyl adjacent to an activating group) is 1.